The van der Waals surface area contributed by atoms with Crippen LogP contribution in [0.1, 0.15) is 26.5 Å². The zero-order valence-electron chi connectivity index (χ0n) is 17.0. The summed E-state index contributed by atoms with van der Waals surface area (Å²) in [6, 6.07) is 4.39. The van der Waals surface area contributed by atoms with Crippen molar-refractivity contribution >= 4 is 11.8 Å². The predicted molar refractivity (Wildman–Crippen MR) is 106 cm³/mol. The zero-order chi connectivity index (χ0) is 21.4. The molecule has 1 aromatic heterocycles. The Balaban J connectivity index is 1.83. The third kappa shape index (κ3) is 7.41. The van der Waals surface area contributed by atoms with E-state index in [0.717, 1.165) is 5.69 Å². The molecule has 0 aliphatic rings. The van der Waals surface area contributed by atoms with E-state index in [0.29, 0.717) is 18.0 Å². The predicted octanol–water partition coefficient (Wildman–Crippen LogP) is 3.01. The molecule has 0 spiro atoms. The second-order valence-electron chi connectivity index (χ2n) is 7.22. The van der Waals surface area contributed by atoms with E-state index in [4.69, 9.17) is 14.2 Å². The lowest BCUT2D eigenvalue weighted by molar-refractivity contribution is -0.384. The Morgan fingerprint density at radius 1 is 1.28 bits per heavy atom. The molecule has 1 heterocycles. The second kappa shape index (κ2) is 9.87. The molecule has 0 unspecified atom stereocenters. The van der Waals surface area contributed by atoms with Gasteiger partial charge in [0.1, 0.15) is 18.0 Å². The number of amides is 1. The van der Waals surface area contributed by atoms with Crippen LogP contribution in [-0.4, -0.2) is 52.5 Å². The molecule has 158 valence electrons. The van der Waals surface area contributed by atoms with E-state index >= 15 is 0 Å². The van der Waals surface area contributed by atoms with Gasteiger partial charge in [-0.25, -0.2) is 9.78 Å². The first-order valence-corrected chi connectivity index (χ1v) is 9.12. The quantitative estimate of drug-likeness (QED) is 0.386. The van der Waals surface area contributed by atoms with E-state index in [-0.39, 0.29) is 25.5 Å². The lowest BCUT2D eigenvalue weighted by atomic mass is 10.2. The van der Waals surface area contributed by atoms with E-state index in [1.54, 1.807) is 43.9 Å². The molecule has 0 aliphatic carbocycles. The van der Waals surface area contributed by atoms with Gasteiger partial charge >= 0.3 is 6.09 Å². The van der Waals surface area contributed by atoms with Gasteiger partial charge in [0.05, 0.1) is 41.9 Å². The van der Waals surface area contributed by atoms with E-state index in [1.807, 2.05) is 6.92 Å². The van der Waals surface area contributed by atoms with Gasteiger partial charge in [0.25, 0.3) is 5.69 Å². The first-order chi connectivity index (χ1) is 13.7. The van der Waals surface area contributed by atoms with Crippen LogP contribution in [0.3, 0.4) is 0 Å². The molecule has 0 saturated carbocycles. The molecule has 10 heteroatoms. The van der Waals surface area contributed by atoms with Gasteiger partial charge in [0.15, 0.2) is 0 Å². The van der Waals surface area contributed by atoms with E-state index in [2.05, 4.69) is 10.3 Å². The van der Waals surface area contributed by atoms with Gasteiger partial charge in [-0.15, -0.1) is 0 Å². The molecule has 1 aromatic carbocycles. The van der Waals surface area contributed by atoms with Crippen LogP contribution in [-0.2, 0) is 9.47 Å². The fourth-order valence-corrected chi connectivity index (χ4v) is 2.35. The number of ether oxygens (including phenoxy) is 3. The molecule has 0 aliphatic heterocycles. The van der Waals surface area contributed by atoms with E-state index in [1.165, 1.54) is 12.1 Å². The molecule has 10 nitrogen and oxygen atoms in total. The number of carbonyl (C=O) groups excluding carboxylic acids is 1. The molecule has 0 fully saturated rings. The second-order valence-corrected chi connectivity index (χ2v) is 7.22. The Bertz CT molecular complexity index is 843. The highest BCUT2D eigenvalue weighted by Crippen LogP contribution is 2.28. The number of non-ortho nitro benzene ring substituents is 1. The average Bonchev–Trinajstić information content (AvgIpc) is 3.05. The van der Waals surface area contributed by atoms with E-state index in [9.17, 15) is 14.9 Å². The Labute approximate surface area is 168 Å². The Hall–Kier alpha value is -3.14. The van der Waals surface area contributed by atoms with Gasteiger partial charge in [-0.1, -0.05) is 0 Å². The van der Waals surface area contributed by atoms with Crippen molar-refractivity contribution in [2.45, 2.75) is 33.3 Å². The van der Waals surface area contributed by atoms with Crippen LogP contribution in [0.25, 0.3) is 5.69 Å². The highest BCUT2D eigenvalue weighted by atomic mass is 16.6. The van der Waals surface area contributed by atoms with Crippen molar-refractivity contribution in [3.8, 4) is 11.4 Å². The van der Waals surface area contributed by atoms with Gasteiger partial charge in [0, 0.05) is 18.8 Å². The Morgan fingerprint density at radius 3 is 2.66 bits per heavy atom. The number of hydrogen-bond donors (Lipinski definition) is 1. The van der Waals surface area contributed by atoms with Gasteiger partial charge in [0.2, 0.25) is 0 Å². The van der Waals surface area contributed by atoms with Crippen molar-refractivity contribution in [1.29, 1.82) is 0 Å². The zero-order valence-corrected chi connectivity index (χ0v) is 17.0. The smallest absolute Gasteiger partial charge is 0.407 e. The van der Waals surface area contributed by atoms with Crippen LogP contribution in [0.5, 0.6) is 5.75 Å². The van der Waals surface area contributed by atoms with Crippen molar-refractivity contribution in [1.82, 2.24) is 14.9 Å². The summed E-state index contributed by atoms with van der Waals surface area (Å²) in [7, 11) is 0. The molecular formula is C19H26N4O6. The number of alkyl carbamates (subject to hydrolysis) is 1. The molecule has 0 radical (unpaired) electrons. The minimum absolute atomic E-state index is 0.0666. The Morgan fingerprint density at radius 2 is 2.03 bits per heavy atom. The van der Waals surface area contributed by atoms with Crippen molar-refractivity contribution in [3.63, 3.8) is 0 Å². The first-order valence-electron chi connectivity index (χ1n) is 9.12. The standard InChI is InChI=1S/C19H26N4O6/c1-14-12-22(13-21-14)16-6-5-15(23(25)26)11-17(16)28-10-9-27-8-7-20-18(24)29-19(2,3)4/h5-6,11-13H,7-10H2,1-4H3,(H,20,24). The summed E-state index contributed by atoms with van der Waals surface area (Å²) >= 11 is 0. The number of benzene rings is 1. The number of nitrogens with one attached hydrogen (secondary N) is 1. The number of rotatable bonds is 9. The van der Waals surface area contributed by atoms with Crippen LogP contribution in [0.2, 0.25) is 0 Å². The number of hydrogen-bond acceptors (Lipinski definition) is 7. The van der Waals surface area contributed by atoms with Crippen LogP contribution >= 0.6 is 0 Å². The number of nitro benzene ring substituents is 1. The summed E-state index contributed by atoms with van der Waals surface area (Å²) < 4.78 is 18.0. The summed E-state index contributed by atoms with van der Waals surface area (Å²) in [6.45, 7) is 8.22. The van der Waals surface area contributed by atoms with Crippen LogP contribution in [0.4, 0.5) is 10.5 Å². The Kier molecular flexibility index (Phi) is 7.54. The van der Waals surface area contributed by atoms with Crippen LogP contribution in [0.15, 0.2) is 30.7 Å². The maximum Gasteiger partial charge on any atom is 0.407 e. The summed E-state index contributed by atoms with van der Waals surface area (Å²) in [5.74, 6) is 0.354. The van der Waals surface area contributed by atoms with Gasteiger partial charge in [-0.2, -0.15) is 0 Å². The average molecular weight is 406 g/mol. The number of nitrogens with zero attached hydrogens (tertiary/aromatic N) is 3. The summed E-state index contributed by atoms with van der Waals surface area (Å²) in [5, 5.41) is 13.6. The van der Waals surface area contributed by atoms with Gasteiger partial charge in [-0.3, -0.25) is 10.1 Å². The molecule has 29 heavy (non-hydrogen) atoms. The molecule has 1 N–H and O–H groups in total. The van der Waals surface area contributed by atoms with Gasteiger partial charge < -0.3 is 24.1 Å². The highest BCUT2D eigenvalue weighted by Gasteiger charge is 2.16. The first kappa shape index (κ1) is 22.2. The summed E-state index contributed by atoms with van der Waals surface area (Å²) in [4.78, 5) is 26.3. The highest BCUT2D eigenvalue weighted by molar-refractivity contribution is 5.67. The van der Waals surface area contributed by atoms with Crippen molar-refractivity contribution in [3.05, 3.63) is 46.5 Å². The number of imidazole rings is 1. The van der Waals surface area contributed by atoms with E-state index < -0.39 is 16.6 Å². The topological polar surface area (TPSA) is 118 Å². The number of nitro groups is 1. The van der Waals surface area contributed by atoms with Crippen molar-refractivity contribution in [2.24, 2.45) is 0 Å². The lowest BCUT2D eigenvalue weighted by Crippen LogP contribution is -2.34. The summed E-state index contributed by atoms with van der Waals surface area (Å²) in [6.07, 6.45) is 2.91. The normalized spacial score (nSPS) is 11.2. The number of aromatic nitrogens is 2. The largest absolute Gasteiger partial charge is 0.489 e. The molecule has 0 atom stereocenters. The fraction of sp³-hybridized carbons (Fsp3) is 0.474. The lowest BCUT2D eigenvalue weighted by Gasteiger charge is -2.19. The minimum atomic E-state index is -0.553. The molecule has 0 bridgehead atoms. The summed E-state index contributed by atoms with van der Waals surface area (Å²) in [5.41, 5.74) is 0.837. The maximum atomic E-state index is 11.5. The maximum absolute atomic E-state index is 11.5. The number of aryl methyl sites for hydroxylation is 1. The third-order valence-corrected chi connectivity index (χ3v) is 3.54. The fourth-order valence-electron chi connectivity index (χ4n) is 2.35. The van der Waals surface area contributed by atoms with Crippen LogP contribution in [0, 0.1) is 17.0 Å². The minimum Gasteiger partial charge on any atom is -0.489 e. The molecule has 2 aromatic rings. The van der Waals surface area contributed by atoms with Crippen molar-refractivity contribution in [2.75, 3.05) is 26.4 Å². The third-order valence-electron chi connectivity index (χ3n) is 3.54. The molecular weight excluding hydrogens is 380 g/mol. The monoisotopic (exact) mass is 406 g/mol. The molecule has 2 rings (SSSR count). The van der Waals surface area contributed by atoms with Crippen LogP contribution < -0.4 is 10.1 Å². The molecule has 1 amide bonds. The molecule has 0 saturated heterocycles. The van der Waals surface area contributed by atoms with Crippen molar-refractivity contribution < 1.29 is 23.9 Å². The number of carbonyl (C=O) groups is 1. The van der Waals surface area contributed by atoms with Gasteiger partial charge in [-0.05, 0) is 33.8 Å². The SMILES string of the molecule is Cc1cn(-c2ccc([N+](=O)[O-])cc2OCCOCCNC(=O)OC(C)(C)C)cn1.